The van der Waals surface area contributed by atoms with Crippen LogP contribution < -0.4 is 10.6 Å². The maximum absolute atomic E-state index is 5.85. The Morgan fingerprint density at radius 3 is 2.54 bits per heavy atom. The molecule has 2 rings (SSSR count). The van der Waals surface area contributed by atoms with Crippen LogP contribution in [0.4, 0.5) is 0 Å². The smallest absolute Gasteiger partial charge is 0.191 e. The predicted octanol–water partition coefficient (Wildman–Crippen LogP) is 2.29. The molecule has 6 nitrogen and oxygen atoms in total. The second kappa shape index (κ2) is 11.0. The zero-order chi connectivity index (χ0) is 18.3. The maximum Gasteiger partial charge on any atom is 0.191 e. The summed E-state index contributed by atoms with van der Waals surface area (Å²) < 4.78 is 5.85. The summed E-state index contributed by atoms with van der Waals surface area (Å²) in [4.78, 5) is 11.2. The Bertz CT molecular complexity index is 542. The molecule has 1 saturated heterocycles. The van der Waals surface area contributed by atoms with Crippen molar-refractivity contribution in [2.75, 3.05) is 33.2 Å². The van der Waals surface area contributed by atoms with E-state index >= 15 is 0 Å². The van der Waals surface area contributed by atoms with Gasteiger partial charge < -0.3 is 15.4 Å². The fourth-order valence-electron chi connectivity index (χ4n) is 3.16. The van der Waals surface area contributed by atoms with Crippen LogP contribution in [0, 0.1) is 0 Å². The number of morpholine rings is 1. The molecule has 2 unspecified atom stereocenters. The van der Waals surface area contributed by atoms with Gasteiger partial charge in [-0.1, -0.05) is 6.07 Å². The molecule has 1 aliphatic heterocycles. The lowest BCUT2D eigenvalue weighted by molar-refractivity contribution is -0.0946. The molecular formula is C19H34IN5O. The highest BCUT2D eigenvalue weighted by molar-refractivity contribution is 14.0. The largest absolute Gasteiger partial charge is 0.373 e. The van der Waals surface area contributed by atoms with Crippen molar-refractivity contribution in [1.29, 1.82) is 0 Å². The van der Waals surface area contributed by atoms with E-state index in [9.17, 15) is 0 Å². The number of halogens is 1. The quantitative estimate of drug-likeness (QED) is 0.376. The van der Waals surface area contributed by atoms with Gasteiger partial charge in [-0.2, -0.15) is 0 Å². The molecule has 26 heavy (non-hydrogen) atoms. The summed E-state index contributed by atoms with van der Waals surface area (Å²) in [5.74, 6) is 0.832. The Morgan fingerprint density at radius 1 is 1.27 bits per heavy atom. The van der Waals surface area contributed by atoms with E-state index in [0.717, 1.165) is 44.3 Å². The number of hydrogen-bond donors (Lipinski definition) is 2. The number of aromatic nitrogens is 1. The summed E-state index contributed by atoms with van der Waals surface area (Å²) in [6.07, 6.45) is 3.26. The fraction of sp³-hybridized carbons (Fsp3) is 0.684. The normalized spacial score (nSPS) is 21.8. The van der Waals surface area contributed by atoms with Gasteiger partial charge in [0.1, 0.15) is 0 Å². The van der Waals surface area contributed by atoms with Crippen LogP contribution in [-0.2, 0) is 11.2 Å². The van der Waals surface area contributed by atoms with Gasteiger partial charge in [-0.25, -0.2) is 0 Å². The molecule has 0 aromatic carbocycles. The number of ether oxygens (including phenoxy) is 1. The molecule has 0 amide bonds. The van der Waals surface area contributed by atoms with Crippen LogP contribution in [0.3, 0.4) is 0 Å². The summed E-state index contributed by atoms with van der Waals surface area (Å²) in [6.45, 7) is 12.4. The van der Waals surface area contributed by atoms with Crippen molar-refractivity contribution >= 4 is 29.9 Å². The predicted molar refractivity (Wildman–Crippen MR) is 118 cm³/mol. The highest BCUT2D eigenvalue weighted by atomic mass is 127. The molecule has 1 aromatic heterocycles. The van der Waals surface area contributed by atoms with E-state index in [1.54, 1.807) is 0 Å². The minimum absolute atomic E-state index is 0. The summed E-state index contributed by atoms with van der Waals surface area (Å²) in [5.41, 5.74) is 1.12. The summed E-state index contributed by atoms with van der Waals surface area (Å²) in [5, 5.41) is 6.83. The first-order valence-electron chi connectivity index (χ1n) is 9.15. The van der Waals surface area contributed by atoms with Crippen LogP contribution in [0.25, 0.3) is 0 Å². The first-order valence-corrected chi connectivity index (χ1v) is 9.15. The summed E-state index contributed by atoms with van der Waals surface area (Å²) >= 11 is 0. The van der Waals surface area contributed by atoms with Gasteiger partial charge in [0.2, 0.25) is 0 Å². The molecule has 0 spiro atoms. The Morgan fingerprint density at radius 2 is 1.96 bits per heavy atom. The molecule has 1 aromatic rings. The van der Waals surface area contributed by atoms with Crippen molar-refractivity contribution in [1.82, 2.24) is 20.5 Å². The van der Waals surface area contributed by atoms with Crippen molar-refractivity contribution in [2.24, 2.45) is 4.99 Å². The first-order chi connectivity index (χ1) is 11.9. The molecule has 2 atom stereocenters. The van der Waals surface area contributed by atoms with Gasteiger partial charge in [0.05, 0.1) is 12.2 Å². The van der Waals surface area contributed by atoms with E-state index in [1.807, 2.05) is 31.4 Å². The molecule has 0 radical (unpaired) electrons. The standard InChI is InChI=1S/C19H33N5O.HI/c1-15-12-24(13-16(2)25-15)19(3,4)14-23-18(20-5)22-11-9-17-8-6-7-10-21-17;/h6-8,10,15-16H,9,11-14H2,1-5H3,(H2,20,22,23);1H. The molecule has 1 fully saturated rings. The van der Waals surface area contributed by atoms with E-state index < -0.39 is 0 Å². The second-order valence-electron chi connectivity index (χ2n) is 7.40. The van der Waals surface area contributed by atoms with Crippen molar-refractivity contribution in [2.45, 2.75) is 51.9 Å². The highest BCUT2D eigenvalue weighted by Gasteiger charge is 2.33. The minimum Gasteiger partial charge on any atom is -0.373 e. The second-order valence-corrected chi connectivity index (χ2v) is 7.40. The van der Waals surface area contributed by atoms with Crippen LogP contribution in [0.5, 0.6) is 0 Å². The number of nitrogens with zero attached hydrogens (tertiary/aromatic N) is 3. The summed E-state index contributed by atoms with van der Waals surface area (Å²) in [6, 6.07) is 6.00. The molecule has 2 heterocycles. The molecule has 0 bridgehead atoms. The van der Waals surface area contributed by atoms with E-state index in [0.29, 0.717) is 0 Å². The average molecular weight is 475 g/mol. The van der Waals surface area contributed by atoms with Crippen LogP contribution in [-0.4, -0.2) is 66.8 Å². The Kier molecular flexibility index (Phi) is 9.81. The third-order valence-corrected chi connectivity index (χ3v) is 4.59. The Hall–Kier alpha value is -0.930. The third-order valence-electron chi connectivity index (χ3n) is 4.59. The van der Waals surface area contributed by atoms with Crippen LogP contribution >= 0.6 is 24.0 Å². The molecule has 7 heteroatoms. The van der Waals surface area contributed by atoms with E-state index in [4.69, 9.17) is 4.74 Å². The first kappa shape index (κ1) is 23.1. The lowest BCUT2D eigenvalue weighted by Crippen LogP contribution is -2.59. The monoisotopic (exact) mass is 475 g/mol. The van der Waals surface area contributed by atoms with Crippen molar-refractivity contribution in [3.8, 4) is 0 Å². The maximum atomic E-state index is 5.85. The van der Waals surface area contributed by atoms with Crippen molar-refractivity contribution in [3.05, 3.63) is 30.1 Å². The fourth-order valence-corrected chi connectivity index (χ4v) is 3.16. The molecule has 1 aliphatic rings. The van der Waals surface area contributed by atoms with E-state index in [1.165, 1.54) is 0 Å². The van der Waals surface area contributed by atoms with E-state index in [2.05, 4.69) is 53.2 Å². The van der Waals surface area contributed by atoms with Crippen molar-refractivity contribution in [3.63, 3.8) is 0 Å². The van der Waals surface area contributed by atoms with Gasteiger partial charge in [0.15, 0.2) is 5.96 Å². The minimum atomic E-state index is 0. The van der Waals surface area contributed by atoms with Gasteiger partial charge in [-0.05, 0) is 39.8 Å². The molecule has 0 saturated carbocycles. The SMILES string of the molecule is CN=C(NCCc1ccccn1)NCC(C)(C)N1CC(C)OC(C)C1.I. The van der Waals surface area contributed by atoms with Crippen LogP contribution in [0.2, 0.25) is 0 Å². The number of hydrogen-bond acceptors (Lipinski definition) is 4. The zero-order valence-corrected chi connectivity index (χ0v) is 19.0. The molecular weight excluding hydrogens is 441 g/mol. The van der Waals surface area contributed by atoms with Crippen LogP contribution in [0.15, 0.2) is 29.4 Å². The van der Waals surface area contributed by atoms with Crippen molar-refractivity contribution < 1.29 is 4.74 Å². The summed E-state index contributed by atoms with van der Waals surface area (Å²) in [7, 11) is 1.81. The van der Waals surface area contributed by atoms with Gasteiger partial charge in [0, 0.05) is 57.1 Å². The Labute approximate surface area is 175 Å². The zero-order valence-electron chi connectivity index (χ0n) is 16.7. The highest BCUT2D eigenvalue weighted by Crippen LogP contribution is 2.20. The van der Waals surface area contributed by atoms with Gasteiger partial charge in [-0.3, -0.25) is 14.9 Å². The number of rotatable bonds is 6. The molecule has 148 valence electrons. The van der Waals surface area contributed by atoms with Crippen LogP contribution in [0.1, 0.15) is 33.4 Å². The number of guanidine groups is 1. The Balaban J connectivity index is 0.00000338. The van der Waals surface area contributed by atoms with Gasteiger partial charge in [0.25, 0.3) is 0 Å². The number of aliphatic imine (C=N–C) groups is 1. The number of pyridine rings is 1. The topological polar surface area (TPSA) is 61.8 Å². The van der Waals surface area contributed by atoms with Gasteiger partial charge >= 0.3 is 0 Å². The van der Waals surface area contributed by atoms with E-state index in [-0.39, 0.29) is 41.7 Å². The molecule has 0 aliphatic carbocycles. The van der Waals surface area contributed by atoms with Gasteiger partial charge in [-0.15, -0.1) is 24.0 Å². The lowest BCUT2D eigenvalue weighted by atomic mass is 10.00. The molecule has 2 N–H and O–H groups in total. The average Bonchev–Trinajstić information content (AvgIpc) is 2.58. The third kappa shape index (κ3) is 7.36. The number of nitrogens with one attached hydrogen (secondary N) is 2. The lowest BCUT2D eigenvalue weighted by Gasteiger charge is -2.45.